The number of hydrogen-bond donors (Lipinski definition) is 1. The maximum absolute atomic E-state index is 13.5. The second kappa shape index (κ2) is 6.80. The van der Waals surface area contributed by atoms with Crippen LogP contribution in [0.3, 0.4) is 0 Å². The summed E-state index contributed by atoms with van der Waals surface area (Å²) in [7, 11) is 0. The number of aromatic nitrogens is 3. The van der Waals surface area contributed by atoms with Crippen molar-refractivity contribution < 1.29 is 4.39 Å². The molecule has 4 nitrogen and oxygen atoms in total. The van der Waals surface area contributed by atoms with Gasteiger partial charge in [-0.1, -0.05) is 27.7 Å². The quantitative estimate of drug-likeness (QED) is 0.888. The smallest absolute Gasteiger partial charge is 0.157 e. The van der Waals surface area contributed by atoms with E-state index in [1.54, 1.807) is 4.68 Å². The molecule has 2 aromatic heterocycles. The van der Waals surface area contributed by atoms with E-state index in [-0.39, 0.29) is 5.82 Å². The zero-order valence-corrected chi connectivity index (χ0v) is 13.1. The molecule has 1 N–H and O–H groups in total. The summed E-state index contributed by atoms with van der Waals surface area (Å²) >= 11 is 0. The first-order valence-electron chi connectivity index (χ1n) is 7.38. The minimum Gasteiger partial charge on any atom is -0.312 e. The van der Waals surface area contributed by atoms with Crippen molar-refractivity contribution in [3.63, 3.8) is 0 Å². The first-order valence-corrected chi connectivity index (χ1v) is 7.38. The van der Waals surface area contributed by atoms with E-state index in [1.807, 2.05) is 12.3 Å². The van der Waals surface area contributed by atoms with Crippen LogP contribution in [-0.4, -0.2) is 21.3 Å². The molecule has 0 spiro atoms. The molecule has 2 rings (SSSR count). The zero-order valence-electron chi connectivity index (χ0n) is 13.1. The molecule has 0 saturated heterocycles. The molecule has 21 heavy (non-hydrogen) atoms. The molecule has 2 heterocycles. The van der Waals surface area contributed by atoms with Crippen LogP contribution in [0.1, 0.15) is 44.9 Å². The topological polar surface area (TPSA) is 42.7 Å². The summed E-state index contributed by atoms with van der Waals surface area (Å²) in [5, 5.41) is 7.84. The number of pyridine rings is 1. The van der Waals surface area contributed by atoms with Crippen molar-refractivity contribution in [1.82, 2.24) is 20.1 Å². The summed E-state index contributed by atoms with van der Waals surface area (Å²) < 4.78 is 15.2. The number of rotatable bonds is 6. The lowest BCUT2D eigenvalue weighted by molar-refractivity contribution is 0.546. The van der Waals surface area contributed by atoms with Crippen molar-refractivity contribution in [2.24, 2.45) is 5.92 Å². The monoisotopic (exact) mass is 290 g/mol. The van der Waals surface area contributed by atoms with Crippen LogP contribution in [0.25, 0.3) is 5.82 Å². The molecular weight excluding hydrogens is 267 g/mol. The number of hydrogen-bond acceptors (Lipinski definition) is 3. The van der Waals surface area contributed by atoms with Crippen molar-refractivity contribution in [3.05, 3.63) is 41.6 Å². The van der Waals surface area contributed by atoms with Crippen molar-refractivity contribution in [2.75, 3.05) is 6.54 Å². The van der Waals surface area contributed by atoms with E-state index < -0.39 is 0 Å². The minimum absolute atomic E-state index is 0.323. The predicted octanol–water partition coefficient (Wildman–Crippen LogP) is 3.28. The Morgan fingerprint density at radius 1 is 1.29 bits per heavy atom. The third-order valence-corrected chi connectivity index (χ3v) is 3.20. The lowest BCUT2D eigenvalue weighted by Crippen LogP contribution is -2.20. The summed E-state index contributed by atoms with van der Waals surface area (Å²) in [6.07, 6.45) is 3.11. The Labute approximate surface area is 125 Å². The second-order valence-corrected chi connectivity index (χ2v) is 6.00. The Kier molecular flexibility index (Phi) is 5.07. The Morgan fingerprint density at radius 3 is 2.67 bits per heavy atom. The lowest BCUT2D eigenvalue weighted by Gasteiger charge is -2.11. The predicted molar refractivity (Wildman–Crippen MR) is 82.0 cm³/mol. The Balaban J connectivity index is 2.24. The van der Waals surface area contributed by atoms with Gasteiger partial charge in [-0.2, -0.15) is 5.10 Å². The first-order chi connectivity index (χ1) is 9.97. The molecule has 0 amide bonds. The average Bonchev–Trinajstić information content (AvgIpc) is 2.88. The van der Waals surface area contributed by atoms with Gasteiger partial charge in [-0.25, -0.2) is 14.1 Å². The number of nitrogens with one attached hydrogen (secondary N) is 1. The minimum atomic E-state index is -0.323. The van der Waals surface area contributed by atoms with Crippen molar-refractivity contribution in [3.8, 4) is 5.82 Å². The molecule has 0 saturated carbocycles. The van der Waals surface area contributed by atoms with Crippen LogP contribution in [0.2, 0.25) is 0 Å². The summed E-state index contributed by atoms with van der Waals surface area (Å²) in [6.45, 7) is 9.92. The third-order valence-electron chi connectivity index (χ3n) is 3.20. The van der Waals surface area contributed by atoms with Crippen LogP contribution in [0.15, 0.2) is 24.5 Å². The van der Waals surface area contributed by atoms with Gasteiger partial charge in [0.2, 0.25) is 0 Å². The van der Waals surface area contributed by atoms with Gasteiger partial charge < -0.3 is 5.32 Å². The first kappa shape index (κ1) is 15.6. The highest BCUT2D eigenvalue weighted by molar-refractivity contribution is 5.33. The molecule has 0 atom stereocenters. The molecule has 0 aromatic carbocycles. The highest BCUT2D eigenvalue weighted by atomic mass is 19.1. The molecule has 0 aliphatic carbocycles. The van der Waals surface area contributed by atoms with E-state index in [1.165, 1.54) is 12.3 Å². The molecule has 0 radical (unpaired) electrons. The van der Waals surface area contributed by atoms with Gasteiger partial charge >= 0.3 is 0 Å². The molecule has 0 bridgehead atoms. The normalized spacial score (nSPS) is 11.6. The van der Waals surface area contributed by atoms with Crippen LogP contribution in [0.4, 0.5) is 4.39 Å². The Morgan fingerprint density at radius 2 is 2.05 bits per heavy atom. The molecule has 0 aliphatic heterocycles. The summed E-state index contributed by atoms with van der Waals surface area (Å²) in [6, 6.07) is 3.49. The highest BCUT2D eigenvalue weighted by Gasteiger charge is 2.11. The maximum Gasteiger partial charge on any atom is 0.157 e. The van der Waals surface area contributed by atoms with Gasteiger partial charge in [-0.15, -0.1) is 0 Å². The van der Waals surface area contributed by atoms with Crippen molar-refractivity contribution >= 4 is 0 Å². The standard InChI is InChI=1S/C16H23FN4/c1-11(2)8-18-9-13-7-14(17)10-19-16(13)21-6-5-15(20-21)12(3)4/h5-7,10-12,18H,8-9H2,1-4H3. The second-order valence-electron chi connectivity index (χ2n) is 6.00. The van der Waals surface area contributed by atoms with Gasteiger partial charge in [0.05, 0.1) is 11.9 Å². The Hall–Kier alpha value is -1.75. The molecule has 0 unspecified atom stereocenters. The molecule has 0 fully saturated rings. The van der Waals surface area contributed by atoms with E-state index in [0.29, 0.717) is 24.2 Å². The Bertz CT molecular complexity index is 590. The fourth-order valence-electron chi connectivity index (χ4n) is 2.07. The largest absolute Gasteiger partial charge is 0.312 e. The van der Waals surface area contributed by atoms with Gasteiger partial charge in [0.1, 0.15) is 5.82 Å². The van der Waals surface area contributed by atoms with Gasteiger partial charge in [-0.05, 0) is 30.5 Å². The number of halogens is 1. The van der Waals surface area contributed by atoms with Gasteiger partial charge in [-0.3, -0.25) is 0 Å². The molecule has 5 heteroatoms. The summed E-state index contributed by atoms with van der Waals surface area (Å²) in [4.78, 5) is 4.20. The fraction of sp³-hybridized carbons (Fsp3) is 0.500. The van der Waals surface area contributed by atoms with Crippen LogP contribution in [0.5, 0.6) is 0 Å². The number of nitrogens with zero attached hydrogens (tertiary/aromatic N) is 3. The molecular formula is C16H23FN4. The van der Waals surface area contributed by atoms with Crippen LogP contribution in [0, 0.1) is 11.7 Å². The lowest BCUT2D eigenvalue weighted by atomic mass is 10.1. The fourth-order valence-corrected chi connectivity index (χ4v) is 2.07. The van der Waals surface area contributed by atoms with Crippen LogP contribution >= 0.6 is 0 Å². The van der Waals surface area contributed by atoms with Crippen molar-refractivity contribution in [1.29, 1.82) is 0 Å². The van der Waals surface area contributed by atoms with E-state index >= 15 is 0 Å². The molecule has 2 aromatic rings. The van der Waals surface area contributed by atoms with Crippen LogP contribution < -0.4 is 5.32 Å². The van der Waals surface area contributed by atoms with Gasteiger partial charge in [0.15, 0.2) is 5.82 Å². The molecule has 0 aliphatic rings. The summed E-state index contributed by atoms with van der Waals surface area (Å²) in [5.74, 6) is 1.26. The van der Waals surface area contributed by atoms with Crippen molar-refractivity contribution in [2.45, 2.75) is 40.2 Å². The van der Waals surface area contributed by atoms with E-state index in [2.05, 4.69) is 43.1 Å². The van der Waals surface area contributed by atoms with E-state index in [0.717, 1.165) is 17.8 Å². The maximum atomic E-state index is 13.5. The van der Waals surface area contributed by atoms with E-state index in [4.69, 9.17) is 0 Å². The van der Waals surface area contributed by atoms with Gasteiger partial charge in [0.25, 0.3) is 0 Å². The SMILES string of the molecule is CC(C)CNCc1cc(F)cnc1-n1ccc(C(C)C)n1. The summed E-state index contributed by atoms with van der Waals surface area (Å²) in [5.41, 5.74) is 1.82. The van der Waals surface area contributed by atoms with E-state index in [9.17, 15) is 4.39 Å². The molecule has 114 valence electrons. The average molecular weight is 290 g/mol. The third kappa shape index (κ3) is 4.11. The van der Waals surface area contributed by atoms with Crippen LogP contribution in [-0.2, 0) is 6.54 Å². The highest BCUT2D eigenvalue weighted by Crippen LogP contribution is 2.16. The van der Waals surface area contributed by atoms with Gasteiger partial charge in [0, 0.05) is 18.3 Å². The zero-order chi connectivity index (χ0) is 15.4.